The molecule has 5 heteroatoms. The van der Waals surface area contributed by atoms with Crippen LogP contribution >= 0.6 is 11.6 Å². The molecule has 2 aromatic rings. The molecule has 0 aliphatic carbocycles. The Hall–Kier alpha value is -2.04. The lowest BCUT2D eigenvalue weighted by atomic mass is 10.1. The van der Waals surface area contributed by atoms with Crippen LogP contribution in [0.25, 0.3) is 0 Å². The van der Waals surface area contributed by atoms with Crippen molar-refractivity contribution in [3.05, 3.63) is 58.6 Å². The summed E-state index contributed by atoms with van der Waals surface area (Å²) in [5.41, 5.74) is 4.25. The van der Waals surface area contributed by atoms with E-state index in [0.29, 0.717) is 11.4 Å². The summed E-state index contributed by atoms with van der Waals surface area (Å²) < 4.78 is 0. The van der Waals surface area contributed by atoms with Gasteiger partial charge in [0, 0.05) is 37.6 Å². The number of hydrogen-bond acceptors (Lipinski definition) is 3. The molecule has 1 fully saturated rings. The lowest BCUT2D eigenvalue weighted by Crippen LogP contribution is -2.44. The van der Waals surface area contributed by atoms with Crippen molar-refractivity contribution in [2.24, 2.45) is 0 Å². The topological polar surface area (TPSA) is 35.6 Å². The van der Waals surface area contributed by atoms with Gasteiger partial charge in [0.25, 0.3) is 0 Å². The molecule has 2 aromatic carbocycles. The van der Waals surface area contributed by atoms with E-state index in [4.69, 9.17) is 11.6 Å². The van der Waals surface area contributed by atoms with Crippen LogP contribution in [0.5, 0.6) is 0 Å². The van der Waals surface area contributed by atoms with Crippen molar-refractivity contribution < 1.29 is 4.79 Å². The van der Waals surface area contributed by atoms with E-state index in [1.54, 1.807) is 0 Å². The molecule has 0 aromatic heterocycles. The summed E-state index contributed by atoms with van der Waals surface area (Å²) in [6, 6.07) is 14.0. The molecular weight excluding hydrogens is 346 g/mol. The van der Waals surface area contributed by atoms with Gasteiger partial charge in [-0.15, -0.1) is 0 Å². The van der Waals surface area contributed by atoms with Crippen LogP contribution in [-0.2, 0) is 11.2 Å². The van der Waals surface area contributed by atoms with Gasteiger partial charge in [-0.1, -0.05) is 41.4 Å². The normalized spacial score (nSPS) is 15.1. The largest absolute Gasteiger partial charge is 0.367 e. The monoisotopic (exact) mass is 371 g/mol. The molecule has 1 N–H and O–H groups in total. The Labute approximate surface area is 160 Å². The highest BCUT2D eigenvalue weighted by atomic mass is 35.5. The zero-order valence-electron chi connectivity index (χ0n) is 15.5. The number of nitrogens with zero attached hydrogens (tertiary/aromatic N) is 2. The molecule has 1 saturated heterocycles. The first-order valence-corrected chi connectivity index (χ1v) is 9.47. The van der Waals surface area contributed by atoms with Crippen molar-refractivity contribution in [3.8, 4) is 0 Å². The fourth-order valence-electron chi connectivity index (χ4n) is 3.27. The SMILES string of the molecule is Cc1cccc(CCC(=O)Nc2cc(Cl)ccc2N2CCN(C)CC2)c1. The standard InChI is InChI=1S/C21H26ClN3O/c1-16-4-3-5-17(14-16)6-9-21(26)23-19-15-18(22)7-8-20(19)25-12-10-24(2)11-13-25/h3-5,7-8,14-15H,6,9-13H2,1-2H3,(H,23,26). The van der Waals surface area contributed by atoms with Crippen LogP contribution < -0.4 is 10.2 Å². The molecule has 0 atom stereocenters. The van der Waals surface area contributed by atoms with Crippen molar-refractivity contribution in [1.29, 1.82) is 0 Å². The lowest BCUT2D eigenvalue weighted by Gasteiger charge is -2.35. The van der Waals surface area contributed by atoms with E-state index >= 15 is 0 Å². The van der Waals surface area contributed by atoms with E-state index < -0.39 is 0 Å². The second kappa shape index (κ2) is 8.56. The Kier molecular flexibility index (Phi) is 6.17. The lowest BCUT2D eigenvalue weighted by molar-refractivity contribution is -0.116. The molecule has 1 aliphatic rings. The Bertz CT molecular complexity index is 770. The second-order valence-corrected chi connectivity index (χ2v) is 7.43. The Balaban J connectivity index is 1.66. The average Bonchev–Trinajstić information content (AvgIpc) is 2.61. The van der Waals surface area contributed by atoms with E-state index in [-0.39, 0.29) is 5.91 Å². The van der Waals surface area contributed by atoms with Crippen LogP contribution in [0.15, 0.2) is 42.5 Å². The van der Waals surface area contributed by atoms with E-state index in [1.165, 1.54) is 11.1 Å². The van der Waals surface area contributed by atoms with Crippen LogP contribution in [-0.4, -0.2) is 44.0 Å². The molecule has 0 bridgehead atoms. The van der Waals surface area contributed by atoms with Crippen molar-refractivity contribution in [2.75, 3.05) is 43.4 Å². The minimum atomic E-state index is 0.0177. The number of nitrogens with one attached hydrogen (secondary N) is 1. The van der Waals surface area contributed by atoms with E-state index in [0.717, 1.165) is 44.0 Å². The molecule has 0 saturated carbocycles. The van der Waals surface area contributed by atoms with Crippen LogP contribution in [0.3, 0.4) is 0 Å². The molecule has 1 heterocycles. The van der Waals surface area contributed by atoms with Gasteiger partial charge < -0.3 is 15.1 Å². The Morgan fingerprint density at radius 3 is 2.62 bits per heavy atom. The minimum Gasteiger partial charge on any atom is -0.367 e. The number of likely N-dealkylation sites (N-methyl/N-ethyl adjacent to an activating group) is 1. The maximum absolute atomic E-state index is 12.5. The molecule has 1 amide bonds. The van der Waals surface area contributed by atoms with Gasteiger partial charge in [-0.3, -0.25) is 4.79 Å². The van der Waals surface area contributed by atoms with Gasteiger partial charge in [-0.05, 0) is 44.2 Å². The zero-order chi connectivity index (χ0) is 18.5. The molecule has 4 nitrogen and oxygen atoms in total. The first-order chi connectivity index (χ1) is 12.5. The number of hydrogen-bond donors (Lipinski definition) is 1. The first-order valence-electron chi connectivity index (χ1n) is 9.10. The van der Waals surface area contributed by atoms with E-state index in [9.17, 15) is 4.79 Å². The quantitative estimate of drug-likeness (QED) is 0.863. The Morgan fingerprint density at radius 2 is 1.88 bits per heavy atom. The highest BCUT2D eigenvalue weighted by Gasteiger charge is 2.18. The third kappa shape index (κ3) is 4.99. The summed E-state index contributed by atoms with van der Waals surface area (Å²) >= 11 is 6.17. The summed E-state index contributed by atoms with van der Waals surface area (Å²) in [4.78, 5) is 17.1. The summed E-state index contributed by atoms with van der Waals surface area (Å²) in [6.45, 7) is 6.00. The number of carbonyl (C=O) groups excluding carboxylic acids is 1. The van der Waals surface area contributed by atoms with Gasteiger partial charge in [0.2, 0.25) is 5.91 Å². The summed E-state index contributed by atoms with van der Waals surface area (Å²) in [7, 11) is 2.13. The number of piperazine rings is 1. The van der Waals surface area contributed by atoms with Gasteiger partial charge in [0.05, 0.1) is 11.4 Å². The third-order valence-electron chi connectivity index (χ3n) is 4.80. The highest BCUT2D eigenvalue weighted by Crippen LogP contribution is 2.30. The van der Waals surface area contributed by atoms with Crippen LogP contribution in [0.2, 0.25) is 5.02 Å². The maximum atomic E-state index is 12.5. The Morgan fingerprint density at radius 1 is 1.12 bits per heavy atom. The fraction of sp³-hybridized carbons (Fsp3) is 0.381. The predicted molar refractivity (Wildman–Crippen MR) is 109 cm³/mol. The number of carbonyl (C=O) groups is 1. The minimum absolute atomic E-state index is 0.0177. The van der Waals surface area contributed by atoms with Gasteiger partial charge in [0.1, 0.15) is 0 Å². The van der Waals surface area contributed by atoms with Crippen molar-refractivity contribution in [1.82, 2.24) is 4.90 Å². The summed E-state index contributed by atoms with van der Waals surface area (Å²) in [6.07, 6.45) is 1.19. The molecule has 3 rings (SSSR count). The maximum Gasteiger partial charge on any atom is 0.224 e. The molecule has 0 radical (unpaired) electrons. The van der Waals surface area contributed by atoms with Gasteiger partial charge in [-0.2, -0.15) is 0 Å². The van der Waals surface area contributed by atoms with E-state index in [1.807, 2.05) is 24.3 Å². The molecule has 26 heavy (non-hydrogen) atoms. The van der Waals surface area contributed by atoms with Gasteiger partial charge in [0.15, 0.2) is 0 Å². The molecule has 0 unspecified atom stereocenters. The average molecular weight is 372 g/mol. The summed E-state index contributed by atoms with van der Waals surface area (Å²) in [5, 5.41) is 3.70. The number of anilines is 2. The first kappa shape index (κ1) is 18.7. The predicted octanol–water partition coefficient (Wildman–Crippen LogP) is 3.97. The van der Waals surface area contributed by atoms with Crippen LogP contribution in [0.1, 0.15) is 17.5 Å². The van der Waals surface area contributed by atoms with Crippen molar-refractivity contribution in [3.63, 3.8) is 0 Å². The third-order valence-corrected chi connectivity index (χ3v) is 5.03. The second-order valence-electron chi connectivity index (χ2n) is 6.99. The zero-order valence-corrected chi connectivity index (χ0v) is 16.2. The number of aryl methyl sites for hydroxylation is 2. The van der Waals surface area contributed by atoms with Crippen LogP contribution in [0, 0.1) is 6.92 Å². The number of benzene rings is 2. The van der Waals surface area contributed by atoms with Gasteiger partial charge >= 0.3 is 0 Å². The molecular formula is C21H26ClN3O. The molecule has 138 valence electrons. The number of amides is 1. The van der Waals surface area contributed by atoms with Gasteiger partial charge in [-0.25, -0.2) is 0 Å². The van der Waals surface area contributed by atoms with Crippen molar-refractivity contribution in [2.45, 2.75) is 19.8 Å². The number of rotatable bonds is 5. The van der Waals surface area contributed by atoms with E-state index in [2.05, 4.69) is 47.3 Å². The fourth-order valence-corrected chi connectivity index (χ4v) is 3.44. The van der Waals surface area contributed by atoms with Crippen molar-refractivity contribution >= 4 is 28.9 Å². The smallest absolute Gasteiger partial charge is 0.224 e. The molecule has 1 aliphatic heterocycles. The number of halogens is 1. The molecule has 0 spiro atoms. The highest BCUT2D eigenvalue weighted by molar-refractivity contribution is 6.31. The van der Waals surface area contributed by atoms with Crippen LogP contribution in [0.4, 0.5) is 11.4 Å². The summed E-state index contributed by atoms with van der Waals surface area (Å²) in [5.74, 6) is 0.0177.